The van der Waals surface area contributed by atoms with Crippen LogP contribution in [0.25, 0.3) is 0 Å². The molecule has 134 valence electrons. The van der Waals surface area contributed by atoms with Crippen LogP contribution in [-0.4, -0.2) is 14.3 Å². The molecule has 25 heavy (non-hydrogen) atoms. The van der Waals surface area contributed by atoms with E-state index >= 15 is 0 Å². The zero-order valence-electron chi connectivity index (χ0n) is 13.1. The molecular weight excluding hydrogens is 403 g/mol. The third-order valence-electron chi connectivity index (χ3n) is 3.92. The van der Waals surface area contributed by atoms with Gasteiger partial charge in [-0.05, 0) is 55.5 Å². The number of fused-ring (bicyclic) bond motifs is 1. The standard InChI is InChI=1S/C16H16Cl2N2O3S2/c17-11-7-12(18)9-13(8-11)25(22,23)20-19-16(21)15-6-10-4-2-1-3-5-14(10)24-15/h6-9,20H,1-5H2,(H,19,21). The molecule has 0 radical (unpaired) electrons. The molecule has 1 aromatic heterocycles. The van der Waals surface area contributed by atoms with Gasteiger partial charge in [0.25, 0.3) is 15.9 Å². The number of aryl methyl sites for hydroxylation is 2. The van der Waals surface area contributed by atoms with Gasteiger partial charge in [0.2, 0.25) is 0 Å². The van der Waals surface area contributed by atoms with Crippen molar-refractivity contribution in [3.8, 4) is 0 Å². The number of hydrogen-bond donors (Lipinski definition) is 2. The van der Waals surface area contributed by atoms with Crippen molar-refractivity contribution in [2.45, 2.75) is 37.0 Å². The molecule has 1 aliphatic carbocycles. The van der Waals surface area contributed by atoms with E-state index in [1.165, 1.54) is 46.4 Å². The Balaban J connectivity index is 1.71. The second kappa shape index (κ2) is 7.63. The van der Waals surface area contributed by atoms with Crippen molar-refractivity contribution in [1.29, 1.82) is 0 Å². The van der Waals surface area contributed by atoms with Gasteiger partial charge in [0.05, 0.1) is 9.77 Å². The van der Waals surface area contributed by atoms with Gasteiger partial charge in [0.15, 0.2) is 0 Å². The summed E-state index contributed by atoms with van der Waals surface area (Å²) in [6.07, 6.45) is 5.38. The predicted molar refractivity (Wildman–Crippen MR) is 99.8 cm³/mol. The van der Waals surface area contributed by atoms with E-state index in [4.69, 9.17) is 23.2 Å². The van der Waals surface area contributed by atoms with Crippen molar-refractivity contribution < 1.29 is 13.2 Å². The van der Waals surface area contributed by atoms with Gasteiger partial charge >= 0.3 is 0 Å². The molecule has 2 N–H and O–H groups in total. The first kappa shape index (κ1) is 18.7. The molecule has 1 aliphatic rings. The molecule has 0 atom stereocenters. The lowest BCUT2D eigenvalue weighted by Crippen LogP contribution is -2.41. The second-order valence-electron chi connectivity index (χ2n) is 5.78. The molecule has 0 fully saturated rings. The highest BCUT2D eigenvalue weighted by molar-refractivity contribution is 7.89. The highest BCUT2D eigenvalue weighted by atomic mass is 35.5. The summed E-state index contributed by atoms with van der Waals surface area (Å²) in [4.78, 5) is 16.0. The summed E-state index contributed by atoms with van der Waals surface area (Å²) in [5.74, 6) is -0.477. The highest BCUT2D eigenvalue weighted by Crippen LogP contribution is 2.29. The monoisotopic (exact) mass is 418 g/mol. The Kier molecular flexibility index (Phi) is 5.70. The van der Waals surface area contributed by atoms with Crippen molar-refractivity contribution in [1.82, 2.24) is 10.3 Å². The average molecular weight is 419 g/mol. The number of amides is 1. The van der Waals surface area contributed by atoms with Crippen LogP contribution in [-0.2, 0) is 22.9 Å². The molecule has 0 spiro atoms. The van der Waals surface area contributed by atoms with Gasteiger partial charge < -0.3 is 0 Å². The molecule has 1 heterocycles. The number of nitrogens with one attached hydrogen (secondary N) is 2. The van der Waals surface area contributed by atoms with E-state index in [1.807, 2.05) is 6.07 Å². The summed E-state index contributed by atoms with van der Waals surface area (Å²) in [6, 6.07) is 5.80. The molecule has 0 saturated carbocycles. The fourth-order valence-corrected chi connectivity index (χ4v) is 5.41. The van der Waals surface area contributed by atoms with E-state index in [2.05, 4.69) is 10.3 Å². The van der Waals surface area contributed by atoms with E-state index < -0.39 is 15.9 Å². The number of thiophene rings is 1. The minimum Gasteiger partial charge on any atom is -0.273 e. The van der Waals surface area contributed by atoms with Crippen LogP contribution in [0, 0.1) is 0 Å². The minimum atomic E-state index is -3.96. The van der Waals surface area contributed by atoms with Gasteiger partial charge in [-0.25, -0.2) is 8.42 Å². The molecule has 0 unspecified atom stereocenters. The topological polar surface area (TPSA) is 75.3 Å². The Labute approximate surface area is 160 Å². The quantitative estimate of drug-likeness (QED) is 0.582. The zero-order valence-corrected chi connectivity index (χ0v) is 16.3. The van der Waals surface area contributed by atoms with Gasteiger partial charge in [-0.2, -0.15) is 0 Å². The van der Waals surface area contributed by atoms with Crippen molar-refractivity contribution in [3.63, 3.8) is 0 Å². The normalized spacial score (nSPS) is 14.6. The maximum atomic E-state index is 12.3. The Morgan fingerprint density at radius 1 is 1.00 bits per heavy atom. The molecule has 9 heteroatoms. The first-order valence-electron chi connectivity index (χ1n) is 7.75. The average Bonchev–Trinajstić information content (AvgIpc) is 2.83. The molecule has 3 rings (SSSR count). The van der Waals surface area contributed by atoms with Gasteiger partial charge in [-0.3, -0.25) is 10.2 Å². The van der Waals surface area contributed by atoms with Gasteiger partial charge in [0, 0.05) is 14.9 Å². The Morgan fingerprint density at radius 2 is 1.68 bits per heavy atom. The largest absolute Gasteiger partial charge is 0.276 e. The molecule has 0 bridgehead atoms. The summed E-state index contributed by atoms with van der Waals surface area (Å²) in [6.45, 7) is 0. The first-order chi connectivity index (χ1) is 11.8. The van der Waals surface area contributed by atoms with Crippen molar-refractivity contribution in [2.24, 2.45) is 0 Å². The summed E-state index contributed by atoms with van der Waals surface area (Å²) in [5.41, 5.74) is 3.44. The molecule has 1 aromatic carbocycles. The van der Waals surface area contributed by atoms with Crippen molar-refractivity contribution in [2.75, 3.05) is 0 Å². The fourth-order valence-electron chi connectivity index (χ4n) is 2.70. The van der Waals surface area contributed by atoms with Crippen LogP contribution >= 0.6 is 34.5 Å². The van der Waals surface area contributed by atoms with Gasteiger partial charge in [0.1, 0.15) is 0 Å². The molecular formula is C16H16Cl2N2O3S2. The number of hydrazine groups is 1. The third-order valence-corrected chi connectivity index (χ3v) is 6.82. The van der Waals surface area contributed by atoms with E-state index in [-0.39, 0.29) is 14.9 Å². The molecule has 1 amide bonds. The van der Waals surface area contributed by atoms with E-state index in [9.17, 15) is 13.2 Å². The van der Waals surface area contributed by atoms with E-state index in [0.29, 0.717) is 4.88 Å². The van der Waals surface area contributed by atoms with Crippen molar-refractivity contribution >= 4 is 50.5 Å². The predicted octanol–water partition coefficient (Wildman–Crippen LogP) is 3.95. The third kappa shape index (κ3) is 4.54. The van der Waals surface area contributed by atoms with Gasteiger partial charge in [-0.15, -0.1) is 16.2 Å². The molecule has 2 aromatic rings. The van der Waals surface area contributed by atoms with Crippen LogP contribution in [0.15, 0.2) is 29.2 Å². The lowest BCUT2D eigenvalue weighted by molar-refractivity contribution is 0.0949. The maximum absolute atomic E-state index is 12.3. The van der Waals surface area contributed by atoms with Crippen LogP contribution in [0.5, 0.6) is 0 Å². The number of halogens is 2. The summed E-state index contributed by atoms with van der Waals surface area (Å²) < 4.78 is 24.5. The van der Waals surface area contributed by atoms with Crippen LogP contribution in [0.3, 0.4) is 0 Å². The zero-order chi connectivity index (χ0) is 18.0. The molecule has 0 saturated heterocycles. The summed E-state index contributed by atoms with van der Waals surface area (Å²) in [7, 11) is -3.96. The van der Waals surface area contributed by atoms with Crippen LogP contribution in [0.4, 0.5) is 0 Å². The van der Waals surface area contributed by atoms with E-state index in [0.717, 1.165) is 25.7 Å². The Morgan fingerprint density at radius 3 is 2.40 bits per heavy atom. The van der Waals surface area contributed by atoms with Crippen LogP contribution in [0.1, 0.15) is 39.4 Å². The SMILES string of the molecule is O=C(NNS(=O)(=O)c1cc(Cl)cc(Cl)c1)c1cc2c(s1)CCCCC2. The number of carbonyl (C=O) groups is 1. The smallest absolute Gasteiger partial charge is 0.273 e. The summed E-state index contributed by atoms with van der Waals surface area (Å²) in [5, 5.41) is 0.391. The first-order valence-corrected chi connectivity index (χ1v) is 10.8. The Hall–Kier alpha value is -1.12. The lowest BCUT2D eigenvalue weighted by Gasteiger charge is -2.08. The molecule has 0 aliphatic heterocycles. The number of carbonyl (C=O) groups excluding carboxylic acids is 1. The van der Waals surface area contributed by atoms with Gasteiger partial charge in [-0.1, -0.05) is 29.6 Å². The van der Waals surface area contributed by atoms with Crippen LogP contribution in [0.2, 0.25) is 10.0 Å². The molecule has 5 nitrogen and oxygen atoms in total. The second-order valence-corrected chi connectivity index (χ2v) is 9.48. The number of benzene rings is 1. The fraction of sp³-hybridized carbons (Fsp3) is 0.312. The maximum Gasteiger partial charge on any atom is 0.276 e. The van der Waals surface area contributed by atoms with Crippen LogP contribution < -0.4 is 10.3 Å². The Bertz CT molecular complexity index is 866. The minimum absolute atomic E-state index is 0.118. The number of rotatable bonds is 4. The highest BCUT2D eigenvalue weighted by Gasteiger charge is 2.20. The number of hydrogen-bond acceptors (Lipinski definition) is 4. The van der Waals surface area contributed by atoms with E-state index in [1.54, 1.807) is 0 Å². The lowest BCUT2D eigenvalue weighted by atomic mass is 10.1. The number of sulfonamides is 1. The van der Waals surface area contributed by atoms with Crippen molar-refractivity contribution in [3.05, 3.63) is 49.6 Å². The summed E-state index contributed by atoms with van der Waals surface area (Å²) >= 11 is 13.1.